The van der Waals surface area contributed by atoms with Crippen LogP contribution in [0.3, 0.4) is 0 Å². The lowest BCUT2D eigenvalue weighted by Gasteiger charge is -2.23. The Hall–Kier alpha value is -1.80. The Labute approximate surface area is 95.4 Å². The van der Waals surface area contributed by atoms with E-state index in [0.717, 1.165) is 12.2 Å². The van der Waals surface area contributed by atoms with Gasteiger partial charge in [-0.15, -0.1) is 0 Å². The van der Waals surface area contributed by atoms with Crippen LogP contribution in [0.2, 0.25) is 0 Å². The lowest BCUT2D eigenvalue weighted by Crippen LogP contribution is -2.28. The maximum absolute atomic E-state index is 8.59. The van der Waals surface area contributed by atoms with Crippen LogP contribution in [-0.4, -0.2) is 31.8 Å². The molecular formula is C11H16N4O. The van der Waals surface area contributed by atoms with Crippen LogP contribution in [0.4, 0.5) is 11.4 Å². The molecule has 1 rings (SSSR count). The number of anilines is 2. The van der Waals surface area contributed by atoms with Crippen molar-refractivity contribution >= 4 is 11.4 Å². The van der Waals surface area contributed by atoms with Crippen LogP contribution in [-0.2, 0) is 4.74 Å². The highest BCUT2D eigenvalue weighted by atomic mass is 16.5. The summed E-state index contributed by atoms with van der Waals surface area (Å²) < 4.78 is 5.03. The largest absolute Gasteiger partial charge is 0.397 e. The van der Waals surface area contributed by atoms with Crippen LogP contribution in [0.1, 0.15) is 6.42 Å². The fraction of sp³-hybridized carbons (Fsp3) is 0.455. The van der Waals surface area contributed by atoms with Crippen LogP contribution in [0.25, 0.3) is 0 Å². The van der Waals surface area contributed by atoms with Crippen molar-refractivity contribution in [2.75, 3.05) is 37.4 Å². The third-order valence-electron chi connectivity index (χ3n) is 2.17. The molecule has 1 aromatic rings. The van der Waals surface area contributed by atoms with Gasteiger partial charge in [-0.05, 0) is 6.07 Å². The van der Waals surface area contributed by atoms with Gasteiger partial charge in [0.2, 0.25) is 0 Å². The summed E-state index contributed by atoms with van der Waals surface area (Å²) in [4.78, 5) is 6.07. The van der Waals surface area contributed by atoms with Crippen LogP contribution < -0.4 is 10.6 Å². The molecule has 86 valence electrons. The first-order valence-electron chi connectivity index (χ1n) is 5.09. The molecular weight excluding hydrogens is 204 g/mol. The Morgan fingerprint density at radius 2 is 2.31 bits per heavy atom. The number of ether oxygens (including phenoxy) is 1. The first-order chi connectivity index (χ1) is 7.77. The summed E-state index contributed by atoms with van der Waals surface area (Å²) in [6, 6.07) is 3.97. The van der Waals surface area contributed by atoms with Crippen molar-refractivity contribution in [2.24, 2.45) is 0 Å². The number of hydrogen-bond acceptors (Lipinski definition) is 5. The van der Waals surface area contributed by atoms with Crippen LogP contribution in [0.5, 0.6) is 0 Å². The van der Waals surface area contributed by atoms with Gasteiger partial charge in [0.1, 0.15) is 0 Å². The summed E-state index contributed by atoms with van der Waals surface area (Å²) in [5.41, 5.74) is 7.21. The van der Waals surface area contributed by atoms with E-state index in [2.05, 4.69) is 11.1 Å². The molecule has 2 N–H and O–H groups in total. The number of rotatable bonds is 6. The smallest absolute Gasteiger partial charge is 0.0640 e. The average molecular weight is 220 g/mol. The molecule has 1 heterocycles. The highest BCUT2D eigenvalue weighted by Crippen LogP contribution is 2.15. The standard InChI is InChI=1S/C11H16N4O/c1-16-6-5-15(4-2-3-12)11-7-10(13)8-14-9-11/h7-9H,2,4-6,13H2,1H3. The van der Waals surface area contributed by atoms with E-state index >= 15 is 0 Å². The Balaban J connectivity index is 2.70. The number of nitrogens with two attached hydrogens (primary N) is 1. The number of nitrogen functional groups attached to an aromatic ring is 1. The Morgan fingerprint density at radius 3 is 2.94 bits per heavy atom. The van der Waals surface area contributed by atoms with E-state index in [9.17, 15) is 0 Å². The SMILES string of the molecule is COCCN(CCC#N)c1cncc(N)c1. The number of nitrogens with zero attached hydrogens (tertiary/aromatic N) is 3. The summed E-state index contributed by atoms with van der Waals surface area (Å²) in [7, 11) is 1.65. The Kier molecular flexibility index (Phi) is 5.09. The molecule has 0 bridgehead atoms. The van der Waals surface area contributed by atoms with Gasteiger partial charge < -0.3 is 15.4 Å². The number of hydrogen-bond donors (Lipinski definition) is 1. The molecule has 0 saturated carbocycles. The van der Waals surface area contributed by atoms with Gasteiger partial charge in [0.25, 0.3) is 0 Å². The summed E-state index contributed by atoms with van der Waals surface area (Å²) in [5, 5.41) is 8.59. The Bertz CT molecular complexity index is 361. The predicted molar refractivity (Wildman–Crippen MR) is 63.0 cm³/mol. The van der Waals surface area contributed by atoms with E-state index in [-0.39, 0.29) is 0 Å². The number of nitriles is 1. The highest BCUT2D eigenvalue weighted by molar-refractivity contribution is 5.53. The van der Waals surface area contributed by atoms with E-state index in [1.165, 1.54) is 0 Å². The monoisotopic (exact) mass is 220 g/mol. The molecule has 1 aromatic heterocycles. The molecule has 0 fully saturated rings. The molecule has 0 atom stereocenters. The third-order valence-corrected chi connectivity index (χ3v) is 2.17. The quantitative estimate of drug-likeness (QED) is 0.775. The lowest BCUT2D eigenvalue weighted by molar-refractivity contribution is 0.205. The summed E-state index contributed by atoms with van der Waals surface area (Å²) in [6.07, 6.45) is 3.81. The van der Waals surface area contributed by atoms with Crippen LogP contribution >= 0.6 is 0 Å². The molecule has 0 aliphatic heterocycles. The van der Waals surface area contributed by atoms with Gasteiger partial charge in [0.15, 0.2) is 0 Å². The van der Waals surface area contributed by atoms with Gasteiger partial charge in [-0.25, -0.2) is 0 Å². The highest BCUT2D eigenvalue weighted by Gasteiger charge is 2.06. The minimum Gasteiger partial charge on any atom is -0.397 e. The van der Waals surface area contributed by atoms with E-state index in [4.69, 9.17) is 15.7 Å². The normalized spacial score (nSPS) is 9.75. The zero-order valence-corrected chi connectivity index (χ0v) is 9.39. The maximum Gasteiger partial charge on any atom is 0.0640 e. The third kappa shape index (κ3) is 3.75. The first kappa shape index (κ1) is 12.3. The van der Waals surface area contributed by atoms with Gasteiger partial charge in [-0.1, -0.05) is 0 Å². The van der Waals surface area contributed by atoms with Crippen molar-refractivity contribution in [1.82, 2.24) is 4.98 Å². The second-order valence-electron chi connectivity index (χ2n) is 3.36. The molecule has 5 nitrogen and oxygen atoms in total. The fourth-order valence-corrected chi connectivity index (χ4v) is 1.37. The molecule has 16 heavy (non-hydrogen) atoms. The molecule has 0 aromatic carbocycles. The average Bonchev–Trinajstić information content (AvgIpc) is 2.29. The first-order valence-corrected chi connectivity index (χ1v) is 5.09. The Morgan fingerprint density at radius 1 is 1.50 bits per heavy atom. The lowest BCUT2D eigenvalue weighted by atomic mass is 10.3. The minimum atomic E-state index is 0.471. The number of pyridine rings is 1. The van der Waals surface area contributed by atoms with Gasteiger partial charge >= 0.3 is 0 Å². The number of methoxy groups -OCH3 is 1. The van der Waals surface area contributed by atoms with Gasteiger partial charge in [0, 0.05) is 26.4 Å². The van der Waals surface area contributed by atoms with E-state index in [1.807, 2.05) is 11.0 Å². The van der Waals surface area contributed by atoms with Crippen molar-refractivity contribution < 1.29 is 4.74 Å². The summed E-state index contributed by atoms with van der Waals surface area (Å²) in [6.45, 7) is 1.99. The van der Waals surface area contributed by atoms with Crippen molar-refractivity contribution in [3.63, 3.8) is 0 Å². The molecule has 0 saturated heterocycles. The van der Waals surface area contributed by atoms with Crippen LogP contribution in [0.15, 0.2) is 18.5 Å². The molecule has 0 amide bonds. The zero-order chi connectivity index (χ0) is 11.8. The van der Waals surface area contributed by atoms with Gasteiger partial charge in [-0.2, -0.15) is 5.26 Å². The maximum atomic E-state index is 8.59. The number of aromatic nitrogens is 1. The second-order valence-corrected chi connectivity index (χ2v) is 3.36. The summed E-state index contributed by atoms with van der Waals surface area (Å²) in [5.74, 6) is 0. The zero-order valence-electron chi connectivity index (χ0n) is 9.39. The molecule has 0 radical (unpaired) electrons. The predicted octanol–water partition coefficient (Wildman–Crippen LogP) is 1.03. The van der Waals surface area contributed by atoms with Gasteiger partial charge in [-0.3, -0.25) is 4.98 Å². The molecule has 0 aliphatic rings. The fourth-order valence-electron chi connectivity index (χ4n) is 1.37. The molecule has 5 heteroatoms. The van der Waals surface area contributed by atoms with Crippen molar-refractivity contribution in [2.45, 2.75) is 6.42 Å². The topological polar surface area (TPSA) is 75.2 Å². The molecule has 0 spiro atoms. The summed E-state index contributed by atoms with van der Waals surface area (Å²) >= 11 is 0. The van der Waals surface area contributed by atoms with E-state index in [1.54, 1.807) is 19.5 Å². The minimum absolute atomic E-state index is 0.471. The van der Waals surface area contributed by atoms with Crippen molar-refractivity contribution in [3.8, 4) is 6.07 Å². The van der Waals surface area contributed by atoms with Crippen molar-refractivity contribution in [1.29, 1.82) is 5.26 Å². The van der Waals surface area contributed by atoms with Gasteiger partial charge in [0.05, 0.1) is 36.7 Å². The van der Waals surface area contributed by atoms with E-state index < -0.39 is 0 Å². The molecule has 0 unspecified atom stereocenters. The van der Waals surface area contributed by atoms with Crippen LogP contribution in [0, 0.1) is 11.3 Å². The second kappa shape index (κ2) is 6.64. The molecule has 0 aliphatic carbocycles. The van der Waals surface area contributed by atoms with Crippen molar-refractivity contribution in [3.05, 3.63) is 18.5 Å². The van der Waals surface area contributed by atoms with E-state index in [0.29, 0.717) is 25.3 Å².